The first-order chi connectivity index (χ1) is 10.6. The van der Waals surface area contributed by atoms with Gasteiger partial charge in [0.15, 0.2) is 5.88 Å². The molecular formula is C18H17ClN2O. The molecule has 0 radical (unpaired) electrons. The molecule has 3 aromatic rings. The maximum absolute atomic E-state index is 10.1. The van der Waals surface area contributed by atoms with Crippen LogP contribution in [0.15, 0.2) is 41.4 Å². The summed E-state index contributed by atoms with van der Waals surface area (Å²) in [5.74, 6) is 0.104. The number of benzene rings is 2. The quantitative estimate of drug-likeness (QED) is 0.646. The second-order valence-electron chi connectivity index (χ2n) is 5.27. The molecule has 0 aliphatic heterocycles. The molecule has 22 heavy (non-hydrogen) atoms. The first-order valence-corrected chi connectivity index (χ1v) is 7.60. The van der Waals surface area contributed by atoms with Crippen molar-refractivity contribution in [2.75, 3.05) is 0 Å². The molecule has 0 spiro atoms. The van der Waals surface area contributed by atoms with Crippen molar-refractivity contribution >= 4 is 34.4 Å². The summed E-state index contributed by atoms with van der Waals surface area (Å²) in [6, 6.07) is 11.6. The molecule has 0 saturated carbocycles. The molecule has 0 aliphatic carbocycles. The van der Waals surface area contributed by atoms with Crippen LogP contribution in [0.3, 0.4) is 0 Å². The molecule has 0 fully saturated rings. The number of H-pyrrole nitrogens is 1. The smallest absolute Gasteiger partial charge is 0.198 e. The van der Waals surface area contributed by atoms with Gasteiger partial charge in [-0.1, -0.05) is 42.8 Å². The lowest BCUT2D eigenvalue weighted by atomic mass is 10.1. The highest BCUT2D eigenvalue weighted by Crippen LogP contribution is 2.29. The third-order valence-electron chi connectivity index (χ3n) is 3.80. The van der Waals surface area contributed by atoms with E-state index in [-0.39, 0.29) is 5.88 Å². The van der Waals surface area contributed by atoms with Gasteiger partial charge in [0.05, 0.1) is 16.8 Å². The molecule has 2 N–H and O–H groups in total. The number of hydrogen-bond donors (Lipinski definition) is 2. The van der Waals surface area contributed by atoms with Crippen LogP contribution >= 0.6 is 11.6 Å². The monoisotopic (exact) mass is 312 g/mol. The summed E-state index contributed by atoms with van der Waals surface area (Å²) in [5, 5.41) is 11.6. The number of nitrogens with zero attached hydrogens (tertiary/aromatic N) is 1. The van der Waals surface area contributed by atoms with Crippen LogP contribution in [-0.4, -0.2) is 16.3 Å². The maximum atomic E-state index is 10.1. The Kier molecular flexibility index (Phi) is 3.90. The van der Waals surface area contributed by atoms with Crippen LogP contribution in [0.25, 0.3) is 10.9 Å². The Morgan fingerprint density at radius 1 is 1.27 bits per heavy atom. The van der Waals surface area contributed by atoms with Crippen molar-refractivity contribution in [1.29, 1.82) is 0 Å². The van der Waals surface area contributed by atoms with Crippen molar-refractivity contribution in [3.05, 3.63) is 58.1 Å². The number of rotatable bonds is 3. The zero-order valence-electron chi connectivity index (χ0n) is 12.5. The molecule has 2 aromatic carbocycles. The molecule has 0 saturated heterocycles. The molecule has 3 rings (SSSR count). The lowest BCUT2D eigenvalue weighted by Crippen LogP contribution is -1.86. The summed E-state index contributed by atoms with van der Waals surface area (Å²) in [5.41, 5.74) is 4.76. The summed E-state index contributed by atoms with van der Waals surface area (Å²) in [4.78, 5) is 7.54. The molecule has 112 valence electrons. The number of aromatic nitrogens is 1. The Balaban J connectivity index is 2.09. The molecule has 4 heteroatoms. The first-order valence-electron chi connectivity index (χ1n) is 7.23. The van der Waals surface area contributed by atoms with Crippen LogP contribution in [-0.2, 0) is 6.42 Å². The third-order valence-corrected chi connectivity index (χ3v) is 4.04. The van der Waals surface area contributed by atoms with Gasteiger partial charge in [0, 0.05) is 16.6 Å². The fraction of sp³-hybridized carbons (Fsp3) is 0.167. The van der Waals surface area contributed by atoms with E-state index in [1.54, 1.807) is 18.3 Å². The van der Waals surface area contributed by atoms with Gasteiger partial charge < -0.3 is 10.1 Å². The molecule has 0 unspecified atom stereocenters. The van der Waals surface area contributed by atoms with Crippen LogP contribution < -0.4 is 0 Å². The largest absolute Gasteiger partial charge is 0.494 e. The zero-order chi connectivity index (χ0) is 15.7. The van der Waals surface area contributed by atoms with Gasteiger partial charge >= 0.3 is 0 Å². The number of para-hydroxylation sites is 1. The number of fused-ring (bicyclic) bond motifs is 1. The van der Waals surface area contributed by atoms with E-state index < -0.39 is 0 Å². The predicted octanol–water partition coefficient (Wildman–Crippen LogP) is 5.15. The normalized spacial score (nSPS) is 11.6. The lowest BCUT2D eigenvalue weighted by molar-refractivity contribution is 0.457. The van der Waals surface area contributed by atoms with Crippen LogP contribution in [0.1, 0.15) is 23.6 Å². The van der Waals surface area contributed by atoms with Gasteiger partial charge in [0.2, 0.25) is 0 Å². The average Bonchev–Trinajstić information content (AvgIpc) is 2.80. The SMILES string of the molecule is CCc1cccc(C)c1N=Cc1c(O)[nH]c2cc(Cl)ccc12. The van der Waals surface area contributed by atoms with E-state index in [0.717, 1.165) is 28.6 Å². The minimum absolute atomic E-state index is 0.104. The molecule has 0 aliphatic rings. The van der Waals surface area contributed by atoms with Crippen molar-refractivity contribution < 1.29 is 5.11 Å². The number of aryl methyl sites for hydroxylation is 2. The fourth-order valence-electron chi connectivity index (χ4n) is 2.63. The van der Waals surface area contributed by atoms with Crippen LogP contribution in [0.2, 0.25) is 5.02 Å². The minimum Gasteiger partial charge on any atom is -0.494 e. The van der Waals surface area contributed by atoms with Crippen molar-refractivity contribution in [3.63, 3.8) is 0 Å². The van der Waals surface area contributed by atoms with Crippen molar-refractivity contribution in [2.45, 2.75) is 20.3 Å². The van der Waals surface area contributed by atoms with Crippen molar-refractivity contribution in [2.24, 2.45) is 4.99 Å². The highest BCUT2D eigenvalue weighted by Gasteiger charge is 2.10. The zero-order valence-corrected chi connectivity index (χ0v) is 13.3. The van der Waals surface area contributed by atoms with Crippen LogP contribution in [0.5, 0.6) is 5.88 Å². The third kappa shape index (κ3) is 2.60. The molecule has 3 nitrogen and oxygen atoms in total. The number of aliphatic imine (C=N–C) groups is 1. The van der Waals surface area contributed by atoms with Crippen LogP contribution in [0.4, 0.5) is 5.69 Å². The topological polar surface area (TPSA) is 48.4 Å². The van der Waals surface area contributed by atoms with Gasteiger partial charge in [0.25, 0.3) is 0 Å². The number of halogens is 1. The van der Waals surface area contributed by atoms with E-state index >= 15 is 0 Å². The minimum atomic E-state index is 0.104. The van der Waals surface area contributed by atoms with E-state index in [4.69, 9.17) is 11.6 Å². The van der Waals surface area contributed by atoms with E-state index in [9.17, 15) is 5.11 Å². The van der Waals surface area contributed by atoms with E-state index in [1.807, 2.05) is 25.1 Å². The maximum Gasteiger partial charge on any atom is 0.198 e. The van der Waals surface area contributed by atoms with Crippen molar-refractivity contribution in [1.82, 2.24) is 4.98 Å². The Hall–Kier alpha value is -2.26. The Labute approximate surface area is 134 Å². The standard InChI is InChI=1S/C18H17ClN2O/c1-3-12-6-4-5-11(2)17(12)20-10-15-14-8-7-13(19)9-16(14)21-18(15)22/h4-10,21-22H,3H2,1-2H3. The van der Waals surface area contributed by atoms with Gasteiger partial charge in [-0.25, -0.2) is 0 Å². The van der Waals surface area contributed by atoms with E-state index in [0.29, 0.717) is 10.6 Å². The lowest BCUT2D eigenvalue weighted by Gasteiger charge is -2.05. The molecule has 0 amide bonds. The second kappa shape index (κ2) is 5.85. The molecule has 1 heterocycles. The number of nitrogens with one attached hydrogen (secondary N) is 1. The predicted molar refractivity (Wildman–Crippen MR) is 92.8 cm³/mol. The highest BCUT2D eigenvalue weighted by molar-refractivity contribution is 6.31. The highest BCUT2D eigenvalue weighted by atomic mass is 35.5. The summed E-state index contributed by atoms with van der Waals surface area (Å²) < 4.78 is 0. The molecular weight excluding hydrogens is 296 g/mol. The van der Waals surface area contributed by atoms with E-state index in [1.165, 1.54) is 5.56 Å². The first kappa shape index (κ1) is 14.7. The van der Waals surface area contributed by atoms with Gasteiger partial charge in [0.1, 0.15) is 0 Å². The second-order valence-corrected chi connectivity index (χ2v) is 5.71. The van der Waals surface area contributed by atoms with Crippen LogP contribution in [0, 0.1) is 6.92 Å². The number of aromatic amines is 1. The summed E-state index contributed by atoms with van der Waals surface area (Å²) in [6.07, 6.45) is 2.63. The molecule has 0 bridgehead atoms. The van der Waals surface area contributed by atoms with Gasteiger partial charge in [-0.3, -0.25) is 4.99 Å². The number of hydrogen-bond acceptors (Lipinski definition) is 2. The van der Waals surface area contributed by atoms with Gasteiger partial charge in [-0.2, -0.15) is 0 Å². The Bertz CT molecular complexity index is 865. The van der Waals surface area contributed by atoms with Crippen molar-refractivity contribution in [3.8, 4) is 5.88 Å². The molecule has 0 atom stereocenters. The number of aromatic hydroxyl groups is 1. The van der Waals surface area contributed by atoms with Gasteiger partial charge in [-0.15, -0.1) is 0 Å². The Morgan fingerprint density at radius 3 is 2.86 bits per heavy atom. The summed E-state index contributed by atoms with van der Waals surface area (Å²) in [7, 11) is 0. The molecule has 1 aromatic heterocycles. The van der Waals surface area contributed by atoms with E-state index in [2.05, 4.69) is 23.0 Å². The van der Waals surface area contributed by atoms with Gasteiger partial charge in [-0.05, 0) is 36.6 Å². The Morgan fingerprint density at radius 2 is 2.09 bits per heavy atom. The summed E-state index contributed by atoms with van der Waals surface area (Å²) in [6.45, 7) is 4.15. The summed E-state index contributed by atoms with van der Waals surface area (Å²) >= 11 is 5.98. The fourth-order valence-corrected chi connectivity index (χ4v) is 2.80. The average molecular weight is 313 g/mol.